The number of benzene rings is 2. The maximum atomic E-state index is 13.3. The van der Waals surface area contributed by atoms with E-state index in [2.05, 4.69) is 4.98 Å². The van der Waals surface area contributed by atoms with E-state index in [0.717, 1.165) is 6.07 Å². The van der Waals surface area contributed by atoms with Gasteiger partial charge in [0.15, 0.2) is 5.78 Å². The second kappa shape index (κ2) is 4.72. The summed E-state index contributed by atoms with van der Waals surface area (Å²) in [4.78, 5) is 15.3. The molecule has 0 spiro atoms. The maximum Gasteiger partial charge on any atom is 0.195 e. The molecular weight excluding hydrogens is 284 g/mol. The molecule has 2 nitrogen and oxygen atoms in total. The lowest BCUT2D eigenvalue weighted by atomic mass is 10.0. The van der Waals surface area contributed by atoms with Crippen molar-refractivity contribution in [3.05, 3.63) is 70.4 Å². The van der Waals surface area contributed by atoms with Gasteiger partial charge in [-0.1, -0.05) is 11.6 Å². The van der Waals surface area contributed by atoms with Crippen molar-refractivity contribution in [1.29, 1.82) is 0 Å². The zero-order valence-electron chi connectivity index (χ0n) is 10.1. The fraction of sp³-hybridized carbons (Fsp3) is 0. The minimum atomic E-state index is -0.590. The largest absolute Gasteiger partial charge is 0.360 e. The molecule has 0 saturated heterocycles. The molecule has 2 aromatic carbocycles. The first-order chi connectivity index (χ1) is 9.56. The average Bonchev–Trinajstić information content (AvgIpc) is 2.84. The van der Waals surface area contributed by atoms with E-state index in [1.165, 1.54) is 30.5 Å². The molecule has 0 bridgehead atoms. The van der Waals surface area contributed by atoms with Gasteiger partial charge in [-0.05, 0) is 36.4 Å². The zero-order valence-corrected chi connectivity index (χ0v) is 10.8. The fourth-order valence-electron chi connectivity index (χ4n) is 2.07. The first-order valence-corrected chi connectivity index (χ1v) is 6.20. The fourth-order valence-corrected chi connectivity index (χ4v) is 2.25. The van der Waals surface area contributed by atoms with Crippen molar-refractivity contribution in [2.75, 3.05) is 0 Å². The van der Waals surface area contributed by atoms with Crippen LogP contribution in [0.5, 0.6) is 0 Å². The lowest BCUT2D eigenvalue weighted by Gasteiger charge is -2.01. The van der Waals surface area contributed by atoms with Gasteiger partial charge in [0.05, 0.1) is 5.02 Å². The second-order valence-electron chi connectivity index (χ2n) is 4.35. The Balaban J connectivity index is 2.12. The topological polar surface area (TPSA) is 32.9 Å². The number of hydrogen-bond donors (Lipinski definition) is 1. The van der Waals surface area contributed by atoms with Gasteiger partial charge in [0.2, 0.25) is 0 Å². The highest BCUT2D eigenvalue weighted by Gasteiger charge is 2.16. The van der Waals surface area contributed by atoms with Crippen LogP contribution in [0, 0.1) is 11.6 Å². The monoisotopic (exact) mass is 291 g/mol. The van der Waals surface area contributed by atoms with E-state index < -0.39 is 11.6 Å². The Morgan fingerprint density at radius 1 is 1.10 bits per heavy atom. The number of H-pyrrole nitrogens is 1. The van der Waals surface area contributed by atoms with Crippen molar-refractivity contribution in [1.82, 2.24) is 4.98 Å². The van der Waals surface area contributed by atoms with Gasteiger partial charge in [-0.3, -0.25) is 4.79 Å². The van der Waals surface area contributed by atoms with Crippen molar-refractivity contribution in [3.63, 3.8) is 0 Å². The van der Waals surface area contributed by atoms with Crippen molar-refractivity contribution in [2.24, 2.45) is 0 Å². The van der Waals surface area contributed by atoms with Gasteiger partial charge >= 0.3 is 0 Å². The van der Waals surface area contributed by atoms with Crippen molar-refractivity contribution in [3.8, 4) is 0 Å². The highest BCUT2D eigenvalue weighted by atomic mass is 35.5. The van der Waals surface area contributed by atoms with Crippen molar-refractivity contribution in [2.45, 2.75) is 0 Å². The summed E-state index contributed by atoms with van der Waals surface area (Å²) in [5.74, 6) is -1.36. The number of halogens is 3. The Hall–Kier alpha value is -2.20. The molecule has 0 aliphatic rings. The Morgan fingerprint density at radius 2 is 1.90 bits per heavy atom. The third kappa shape index (κ3) is 2.08. The number of nitrogens with one attached hydrogen (secondary N) is 1. The van der Waals surface area contributed by atoms with E-state index >= 15 is 0 Å². The van der Waals surface area contributed by atoms with E-state index in [4.69, 9.17) is 11.6 Å². The normalized spacial score (nSPS) is 10.9. The molecule has 0 saturated carbocycles. The second-order valence-corrected chi connectivity index (χ2v) is 4.76. The molecule has 1 aromatic heterocycles. The smallest absolute Gasteiger partial charge is 0.195 e. The van der Waals surface area contributed by atoms with Gasteiger partial charge in [-0.25, -0.2) is 8.78 Å². The van der Waals surface area contributed by atoms with Crippen LogP contribution >= 0.6 is 11.6 Å². The third-order valence-corrected chi connectivity index (χ3v) is 3.36. The molecule has 3 aromatic rings. The molecule has 0 aliphatic heterocycles. The zero-order chi connectivity index (χ0) is 14.3. The number of hydrogen-bond acceptors (Lipinski definition) is 1. The molecule has 0 aliphatic carbocycles. The van der Waals surface area contributed by atoms with Crippen LogP contribution in [-0.2, 0) is 0 Å². The summed E-state index contributed by atoms with van der Waals surface area (Å²) in [6.45, 7) is 0. The van der Waals surface area contributed by atoms with E-state index in [1.807, 2.05) is 0 Å². The van der Waals surface area contributed by atoms with Gasteiger partial charge in [0, 0.05) is 28.2 Å². The number of fused-ring (bicyclic) bond motifs is 1. The molecule has 1 N–H and O–H groups in total. The molecule has 0 fully saturated rings. The Labute approximate surface area is 118 Å². The molecule has 20 heavy (non-hydrogen) atoms. The van der Waals surface area contributed by atoms with Gasteiger partial charge in [0.1, 0.15) is 11.6 Å². The van der Waals surface area contributed by atoms with Gasteiger partial charge in [-0.2, -0.15) is 0 Å². The van der Waals surface area contributed by atoms with E-state index in [-0.39, 0.29) is 16.4 Å². The number of carbonyl (C=O) groups is 1. The van der Waals surface area contributed by atoms with Gasteiger partial charge < -0.3 is 4.98 Å². The molecule has 0 radical (unpaired) electrons. The predicted molar refractivity (Wildman–Crippen MR) is 73.1 cm³/mol. The van der Waals surface area contributed by atoms with Crippen LogP contribution in [0.25, 0.3) is 10.9 Å². The Morgan fingerprint density at radius 3 is 2.65 bits per heavy atom. The van der Waals surface area contributed by atoms with E-state index in [1.54, 1.807) is 6.07 Å². The van der Waals surface area contributed by atoms with E-state index in [0.29, 0.717) is 16.5 Å². The molecule has 0 unspecified atom stereocenters. The van der Waals surface area contributed by atoms with Crippen LogP contribution in [0.2, 0.25) is 5.02 Å². The van der Waals surface area contributed by atoms with Gasteiger partial charge in [-0.15, -0.1) is 0 Å². The predicted octanol–water partition coefficient (Wildman–Crippen LogP) is 4.33. The Bertz CT molecular complexity index is 826. The van der Waals surface area contributed by atoms with Crippen LogP contribution in [0.4, 0.5) is 8.78 Å². The number of ketones is 1. The third-order valence-electron chi connectivity index (χ3n) is 3.07. The lowest BCUT2D eigenvalue weighted by Crippen LogP contribution is -2.00. The molecule has 0 atom stereocenters. The van der Waals surface area contributed by atoms with Gasteiger partial charge in [0.25, 0.3) is 0 Å². The molecule has 100 valence electrons. The number of aromatic amines is 1. The van der Waals surface area contributed by atoms with Crippen LogP contribution in [0.15, 0.2) is 42.6 Å². The molecule has 1 heterocycles. The first-order valence-electron chi connectivity index (χ1n) is 5.82. The number of aromatic nitrogens is 1. The molecule has 3 rings (SSSR count). The molecule has 5 heteroatoms. The van der Waals surface area contributed by atoms with Crippen LogP contribution < -0.4 is 0 Å². The highest BCUT2D eigenvalue weighted by molar-refractivity contribution is 6.31. The van der Waals surface area contributed by atoms with Crippen LogP contribution in [-0.4, -0.2) is 10.8 Å². The molecular formula is C15H8ClF2NO. The molecule has 0 amide bonds. The summed E-state index contributed by atoms with van der Waals surface area (Å²) < 4.78 is 26.4. The summed E-state index contributed by atoms with van der Waals surface area (Å²) in [6, 6.07) is 7.88. The number of rotatable bonds is 2. The summed E-state index contributed by atoms with van der Waals surface area (Å²) >= 11 is 5.67. The maximum absolute atomic E-state index is 13.3. The minimum Gasteiger partial charge on any atom is -0.360 e. The average molecular weight is 292 g/mol. The standard InChI is InChI=1S/C15H8ClF2NO/c16-12-5-8(1-3-13(12)18)15(20)11-7-19-14-4-2-9(17)6-10(11)14/h1-7,19H. The SMILES string of the molecule is O=C(c1ccc(F)c(Cl)c1)c1c[nH]c2ccc(F)cc12. The van der Waals surface area contributed by atoms with Crippen LogP contribution in [0.3, 0.4) is 0 Å². The van der Waals surface area contributed by atoms with Crippen LogP contribution in [0.1, 0.15) is 15.9 Å². The highest BCUT2D eigenvalue weighted by Crippen LogP contribution is 2.24. The summed E-state index contributed by atoms with van der Waals surface area (Å²) in [5.41, 5.74) is 1.23. The first kappa shape index (κ1) is 12.8. The van der Waals surface area contributed by atoms with Crippen molar-refractivity contribution >= 4 is 28.3 Å². The summed E-state index contributed by atoms with van der Waals surface area (Å²) in [7, 11) is 0. The summed E-state index contributed by atoms with van der Waals surface area (Å²) in [6.07, 6.45) is 1.50. The lowest BCUT2D eigenvalue weighted by molar-refractivity contribution is 0.104. The minimum absolute atomic E-state index is 0.123. The number of carbonyl (C=O) groups excluding carboxylic acids is 1. The van der Waals surface area contributed by atoms with Crippen molar-refractivity contribution < 1.29 is 13.6 Å². The Kier molecular flexibility index (Phi) is 3.03. The summed E-state index contributed by atoms with van der Waals surface area (Å²) in [5, 5.41) is 0.359. The quantitative estimate of drug-likeness (QED) is 0.700. The van der Waals surface area contributed by atoms with E-state index in [9.17, 15) is 13.6 Å².